The van der Waals surface area contributed by atoms with Crippen molar-refractivity contribution in [3.05, 3.63) is 89.4 Å². The van der Waals surface area contributed by atoms with E-state index in [2.05, 4.69) is 62.8 Å². The standard InChI is InChI=1S/C45H60FN5O10Si/c1-25(2)40(50-44(56)57)42(54)47-29(9)41(53)48-34-17-11-30(12-18-34)24-60-45(58)49-37-21-39(61-62(26(3)4,27(5)6)28(7)8)38(59-10)20-36(37)43(55)51-22-32(19-35(51)23-52)31-13-15-33(46)16-14-31/h11-18,20-22,25-29,35,40,50,52H,19,23-24H2,1-10H3,(H,47,54)(H,48,53)(H,49,58)(H,56,57)/t29-,35-,40-/m0/s1. The van der Waals surface area contributed by atoms with Crippen LogP contribution in [0.2, 0.25) is 16.6 Å². The van der Waals surface area contributed by atoms with Gasteiger partial charge in [0.25, 0.3) is 14.2 Å². The number of anilines is 2. The molecule has 0 bridgehead atoms. The van der Waals surface area contributed by atoms with Gasteiger partial charge in [-0.25, -0.2) is 14.0 Å². The Morgan fingerprint density at radius 2 is 1.44 bits per heavy atom. The van der Waals surface area contributed by atoms with Gasteiger partial charge in [0.1, 0.15) is 30.3 Å². The summed E-state index contributed by atoms with van der Waals surface area (Å²) in [4.78, 5) is 66.0. The predicted molar refractivity (Wildman–Crippen MR) is 237 cm³/mol. The second kappa shape index (κ2) is 21.2. The molecule has 17 heteroatoms. The number of rotatable bonds is 18. The molecule has 0 aliphatic carbocycles. The van der Waals surface area contributed by atoms with Crippen LogP contribution in [0.1, 0.15) is 90.2 Å². The molecule has 0 saturated heterocycles. The molecule has 0 fully saturated rings. The maximum absolute atomic E-state index is 14.5. The van der Waals surface area contributed by atoms with Crippen molar-refractivity contribution in [2.45, 2.75) is 110 Å². The minimum Gasteiger partial charge on any atom is -0.540 e. The maximum Gasteiger partial charge on any atom is 0.411 e. The monoisotopic (exact) mass is 877 g/mol. The van der Waals surface area contributed by atoms with Gasteiger partial charge in [0.2, 0.25) is 11.8 Å². The van der Waals surface area contributed by atoms with Gasteiger partial charge >= 0.3 is 12.2 Å². The Morgan fingerprint density at radius 3 is 1.97 bits per heavy atom. The summed E-state index contributed by atoms with van der Waals surface area (Å²) in [6, 6.07) is 12.7. The molecular formula is C45H60FN5O10Si. The third-order valence-corrected chi connectivity index (χ3v) is 17.1. The highest BCUT2D eigenvalue weighted by molar-refractivity contribution is 6.78. The lowest BCUT2D eigenvalue weighted by Gasteiger charge is -2.42. The number of hydrogen-bond donors (Lipinski definition) is 6. The van der Waals surface area contributed by atoms with Gasteiger partial charge in [-0.3, -0.25) is 19.7 Å². The second-order valence-corrected chi connectivity index (χ2v) is 22.0. The van der Waals surface area contributed by atoms with Gasteiger partial charge < -0.3 is 45.0 Å². The first-order chi connectivity index (χ1) is 29.2. The van der Waals surface area contributed by atoms with Crippen molar-refractivity contribution in [1.82, 2.24) is 15.5 Å². The van der Waals surface area contributed by atoms with Crippen LogP contribution in [0.25, 0.3) is 5.57 Å². The van der Waals surface area contributed by atoms with Crippen molar-refractivity contribution in [2.24, 2.45) is 5.92 Å². The van der Waals surface area contributed by atoms with Gasteiger partial charge in [0.05, 0.1) is 31.0 Å². The molecule has 0 unspecified atom stereocenters. The molecular weight excluding hydrogens is 818 g/mol. The predicted octanol–water partition coefficient (Wildman–Crippen LogP) is 8.12. The molecule has 0 saturated carbocycles. The summed E-state index contributed by atoms with van der Waals surface area (Å²) >= 11 is 0. The number of methoxy groups -OCH3 is 1. The van der Waals surface area contributed by atoms with E-state index in [0.29, 0.717) is 29.0 Å². The first kappa shape index (κ1) is 48.7. The van der Waals surface area contributed by atoms with E-state index < -0.39 is 62.2 Å². The maximum atomic E-state index is 14.5. The molecule has 0 aromatic heterocycles. The first-order valence-corrected chi connectivity index (χ1v) is 22.8. The Kier molecular flexibility index (Phi) is 16.7. The van der Waals surface area contributed by atoms with Crippen LogP contribution in [0, 0.1) is 11.7 Å². The molecule has 1 aliphatic heterocycles. The SMILES string of the molecule is COc1cc(C(=O)N2C=C(c3ccc(F)cc3)C[C@H]2CO)c(NC(=O)OCc2ccc(NC(=O)[C@H](C)NC(=O)[C@@H](NC(=O)O)C(C)C)cc2)cc1O[Si](C(C)C)(C(C)C)C(C)C. The van der Waals surface area contributed by atoms with Crippen LogP contribution in [-0.4, -0.2) is 85.2 Å². The van der Waals surface area contributed by atoms with Gasteiger partial charge in [-0.1, -0.05) is 79.7 Å². The number of ether oxygens (including phenoxy) is 2. The van der Waals surface area contributed by atoms with Crippen LogP contribution < -0.4 is 30.4 Å². The number of carbonyl (C=O) groups excluding carboxylic acids is 4. The lowest BCUT2D eigenvalue weighted by molar-refractivity contribution is -0.128. The molecule has 3 aromatic carbocycles. The summed E-state index contributed by atoms with van der Waals surface area (Å²) in [7, 11) is -1.10. The number of halogens is 1. The molecule has 3 aromatic rings. The Hall–Kier alpha value is -5.94. The summed E-state index contributed by atoms with van der Waals surface area (Å²) in [6.07, 6.45) is -0.303. The van der Waals surface area contributed by atoms with E-state index in [4.69, 9.17) is 19.0 Å². The van der Waals surface area contributed by atoms with E-state index in [-0.39, 0.29) is 52.8 Å². The fourth-order valence-corrected chi connectivity index (χ4v) is 13.2. The number of amides is 5. The number of carboxylic acid groups (broad SMARTS) is 1. The summed E-state index contributed by atoms with van der Waals surface area (Å²) in [5.41, 5.74) is 3.09. The molecule has 6 N–H and O–H groups in total. The average molecular weight is 878 g/mol. The van der Waals surface area contributed by atoms with E-state index in [0.717, 1.165) is 5.57 Å². The fourth-order valence-electron chi connectivity index (χ4n) is 7.94. The minimum absolute atomic E-state index is 0.0514. The number of nitrogens with zero attached hydrogens (tertiary/aromatic N) is 1. The van der Waals surface area contributed by atoms with Crippen LogP contribution in [0.3, 0.4) is 0 Å². The van der Waals surface area contributed by atoms with Crippen LogP contribution in [-0.2, 0) is 20.9 Å². The summed E-state index contributed by atoms with van der Waals surface area (Å²) in [5.74, 6) is -1.83. The number of carbonyl (C=O) groups is 5. The van der Waals surface area contributed by atoms with Crippen molar-refractivity contribution >= 4 is 55.2 Å². The van der Waals surface area contributed by atoms with Crippen LogP contribution in [0.4, 0.5) is 25.4 Å². The number of nitrogens with one attached hydrogen (secondary N) is 4. The van der Waals surface area contributed by atoms with Gasteiger partial charge in [-0.05, 0) is 82.9 Å². The van der Waals surface area contributed by atoms with Crippen molar-refractivity contribution in [2.75, 3.05) is 24.4 Å². The van der Waals surface area contributed by atoms with E-state index in [9.17, 15) is 33.5 Å². The average Bonchev–Trinajstić information content (AvgIpc) is 3.65. The van der Waals surface area contributed by atoms with Gasteiger partial charge in [0.15, 0.2) is 5.75 Å². The Bertz CT molecular complexity index is 2090. The van der Waals surface area contributed by atoms with Crippen LogP contribution in [0.5, 0.6) is 11.5 Å². The normalized spacial score (nSPS) is 14.9. The molecule has 1 aliphatic rings. The zero-order valence-electron chi connectivity index (χ0n) is 37.0. The topological polar surface area (TPSA) is 205 Å². The highest BCUT2D eigenvalue weighted by atomic mass is 28.4. The van der Waals surface area contributed by atoms with Gasteiger partial charge in [0, 0.05) is 18.0 Å². The summed E-state index contributed by atoms with van der Waals surface area (Å²) in [6.45, 7) is 17.1. The highest BCUT2D eigenvalue weighted by Gasteiger charge is 2.47. The largest absolute Gasteiger partial charge is 0.540 e. The summed E-state index contributed by atoms with van der Waals surface area (Å²) in [5, 5.41) is 29.6. The Balaban J connectivity index is 1.57. The smallest absolute Gasteiger partial charge is 0.411 e. The van der Waals surface area contributed by atoms with Gasteiger partial charge in [-0.2, -0.15) is 0 Å². The van der Waals surface area contributed by atoms with Crippen molar-refractivity contribution in [3.63, 3.8) is 0 Å². The zero-order valence-corrected chi connectivity index (χ0v) is 38.0. The molecule has 0 radical (unpaired) electrons. The Morgan fingerprint density at radius 1 is 0.823 bits per heavy atom. The third kappa shape index (κ3) is 11.7. The number of benzene rings is 3. The summed E-state index contributed by atoms with van der Waals surface area (Å²) < 4.78 is 32.1. The number of hydrogen-bond acceptors (Lipinski definition) is 9. The highest BCUT2D eigenvalue weighted by Crippen LogP contribution is 2.46. The molecule has 1 heterocycles. The van der Waals surface area contributed by atoms with E-state index >= 15 is 0 Å². The second-order valence-electron chi connectivity index (χ2n) is 16.7. The molecule has 0 spiro atoms. The zero-order chi connectivity index (χ0) is 46.1. The van der Waals surface area contributed by atoms with E-state index in [1.165, 1.54) is 37.1 Å². The molecule has 5 amide bonds. The fraction of sp³-hybridized carbons (Fsp3) is 0.444. The van der Waals surface area contributed by atoms with Crippen LogP contribution >= 0.6 is 0 Å². The van der Waals surface area contributed by atoms with Crippen molar-refractivity contribution < 1.29 is 52.5 Å². The Labute approximate surface area is 363 Å². The number of aliphatic hydroxyl groups is 1. The molecule has 15 nitrogen and oxygen atoms in total. The van der Waals surface area contributed by atoms with Gasteiger partial charge in [-0.15, -0.1) is 0 Å². The first-order valence-electron chi connectivity index (χ1n) is 20.7. The van der Waals surface area contributed by atoms with Crippen molar-refractivity contribution in [3.8, 4) is 11.5 Å². The lowest BCUT2D eigenvalue weighted by Crippen LogP contribution is -2.53. The molecule has 62 heavy (non-hydrogen) atoms. The van der Waals surface area contributed by atoms with Crippen LogP contribution in [0.15, 0.2) is 66.9 Å². The lowest BCUT2D eigenvalue weighted by atomic mass is 10.0. The van der Waals surface area contributed by atoms with Crippen molar-refractivity contribution in [1.29, 1.82) is 0 Å². The quantitative estimate of drug-likeness (QED) is 0.0677. The molecule has 3 atom stereocenters. The number of aliphatic hydroxyl groups excluding tert-OH is 1. The third-order valence-electron chi connectivity index (χ3n) is 11.1. The van der Waals surface area contributed by atoms with E-state index in [1.54, 1.807) is 62.5 Å². The molecule has 4 rings (SSSR count). The van der Waals surface area contributed by atoms with E-state index in [1.807, 2.05) is 0 Å². The minimum atomic E-state index is -2.57. The molecule has 336 valence electrons.